The third kappa shape index (κ3) is 14.2. The van der Waals surface area contributed by atoms with Crippen LogP contribution in [0.2, 0.25) is 54.4 Å². The van der Waals surface area contributed by atoms with Crippen LogP contribution in [0.15, 0.2) is 60.7 Å². The van der Waals surface area contributed by atoms with Gasteiger partial charge in [0.25, 0.3) is 0 Å². The Morgan fingerprint density at radius 2 is 0.915 bits per heavy atom. The van der Waals surface area contributed by atoms with E-state index in [9.17, 15) is 5.11 Å². The molecule has 0 radical (unpaired) electrons. The third-order valence-electron chi connectivity index (χ3n) is 14.6. The first-order valence-corrected chi connectivity index (χ1v) is 30.4. The molecule has 2 aromatic rings. The van der Waals surface area contributed by atoms with Gasteiger partial charge in [-0.2, -0.15) is 0 Å². The number of epoxide rings is 1. The molecule has 2 unspecified atom stereocenters. The molecular weight excluding hydrogens is 795 g/mol. The summed E-state index contributed by atoms with van der Waals surface area (Å²) in [6, 6.07) is 20.7. The van der Waals surface area contributed by atoms with Gasteiger partial charge in [-0.25, -0.2) is 0 Å². The molecule has 0 aromatic heterocycles. The maximum absolute atomic E-state index is 11.8. The molecule has 2 aliphatic carbocycles. The molecule has 59 heavy (non-hydrogen) atoms. The summed E-state index contributed by atoms with van der Waals surface area (Å²) >= 11 is 0. The summed E-state index contributed by atoms with van der Waals surface area (Å²) in [5.74, 6) is 0.483. The van der Waals surface area contributed by atoms with E-state index in [2.05, 4.69) is 145 Å². The van der Waals surface area contributed by atoms with Crippen molar-refractivity contribution in [1.82, 2.24) is 0 Å². The van der Waals surface area contributed by atoms with Crippen LogP contribution >= 0.6 is 0 Å². The number of rotatable bonds is 12. The third-order valence-corrected chi connectivity index (χ3v) is 28.1. The first kappa shape index (κ1) is 55.1. The minimum Gasteiger partial charge on any atom is -1.00 e. The second kappa shape index (κ2) is 20.8. The van der Waals surface area contributed by atoms with Crippen LogP contribution in [0.3, 0.4) is 0 Å². The zero-order chi connectivity index (χ0) is 42.9. The molecule has 1 spiro atoms. The van der Waals surface area contributed by atoms with Crippen molar-refractivity contribution in [2.75, 3.05) is 6.61 Å². The molecule has 332 valence electrons. The second-order valence-electron chi connectivity index (χ2n) is 22.3. The largest absolute Gasteiger partial charge is 1.00 e. The summed E-state index contributed by atoms with van der Waals surface area (Å²) < 4.78 is 39.1. The van der Waals surface area contributed by atoms with Crippen molar-refractivity contribution in [3.8, 4) is 0 Å². The molecule has 3 aliphatic rings. The van der Waals surface area contributed by atoms with Crippen molar-refractivity contribution in [3.05, 3.63) is 71.8 Å². The zero-order valence-corrected chi connectivity index (χ0v) is 43.1. The number of hydrogen-bond donors (Lipinski definition) is 1. The number of ether oxygens (including phenoxy) is 3. The molecule has 1 heterocycles. The van der Waals surface area contributed by atoms with Crippen LogP contribution in [0.5, 0.6) is 0 Å². The van der Waals surface area contributed by atoms with Gasteiger partial charge in [-0.05, 0) is 84.8 Å². The van der Waals surface area contributed by atoms with Crippen LogP contribution in [0, 0.1) is 5.92 Å². The van der Waals surface area contributed by atoms with Gasteiger partial charge in [0.15, 0.2) is 42.3 Å². The first-order valence-electron chi connectivity index (χ1n) is 21.7. The molecule has 2 aromatic carbocycles. The minimum absolute atomic E-state index is 0. The fourth-order valence-electron chi connectivity index (χ4n) is 7.19. The monoisotopic (exact) mass is 881 g/mol. The van der Waals surface area contributed by atoms with E-state index in [1.807, 2.05) is 31.2 Å². The molecule has 3 fully saturated rings. The molecule has 12 heteroatoms. The van der Waals surface area contributed by atoms with E-state index in [-0.39, 0.29) is 88.9 Å². The van der Waals surface area contributed by atoms with Crippen molar-refractivity contribution < 1.29 is 52.9 Å². The van der Waals surface area contributed by atoms with E-state index in [1.165, 1.54) is 5.56 Å². The summed E-state index contributed by atoms with van der Waals surface area (Å²) in [6.07, 6.45) is 3.15. The summed E-state index contributed by atoms with van der Waals surface area (Å²) in [5, 5.41) is 12.1. The van der Waals surface area contributed by atoms with Gasteiger partial charge < -0.3 is 34.0 Å². The number of hydrogen-bond acceptors (Lipinski definition) is 7. The van der Waals surface area contributed by atoms with E-state index in [4.69, 9.17) is 27.5 Å². The molecule has 1 saturated heterocycles. The molecule has 0 amide bonds. The maximum atomic E-state index is 11.8. The van der Waals surface area contributed by atoms with Crippen LogP contribution < -0.4 is 18.9 Å². The number of benzene rings is 2. The molecule has 1 N–H and O–H groups in total. The van der Waals surface area contributed by atoms with Gasteiger partial charge in [-0.15, -0.1) is 0 Å². The van der Waals surface area contributed by atoms with Crippen molar-refractivity contribution in [3.63, 3.8) is 0 Å². The molecule has 7 nitrogen and oxygen atoms in total. The van der Waals surface area contributed by atoms with E-state index in [1.54, 1.807) is 0 Å². The summed E-state index contributed by atoms with van der Waals surface area (Å²) in [5.41, 5.74) is 1.29. The Labute approximate surface area is 388 Å². The van der Waals surface area contributed by atoms with Gasteiger partial charge in [-0.3, -0.25) is 0 Å². The Morgan fingerprint density at radius 1 is 0.610 bits per heavy atom. The van der Waals surface area contributed by atoms with Gasteiger partial charge in [0, 0.05) is 19.3 Å². The molecule has 6 atom stereocenters. The number of aliphatic hydroxyl groups is 1. The molecule has 0 bridgehead atoms. The smallest absolute Gasteiger partial charge is 1.00 e. The van der Waals surface area contributed by atoms with Crippen LogP contribution in [0.4, 0.5) is 0 Å². The standard InChI is InChI=1S/C26H48O4Si2.C21H34O3Si.Al.Li.4H/c1-24(2,3)31(8,9)29-22-17-21(28-19-20-15-13-12-14-16-20)18-23(26(22,7)27)30-32(10,11)25(4,5)6;1-16-12-18(22-14-17-10-8-7-9-11-17)13-19(21(16)15-23-21)24-25(5,6)20(2,3)4;;;;;;/h12-16,21-23,27H,17-19H2,1-11H3;7-11,16,18-19H,12-15H2,1-6H3;;;;;;/q;;;+1;;;;-1/t21?,22-,23-,26?;16-,18?,19-,21?;;;;;;/m11....../s1. The van der Waals surface area contributed by atoms with Crippen LogP contribution in [0.1, 0.15) is 114 Å². The summed E-state index contributed by atoms with van der Waals surface area (Å²) in [4.78, 5) is 0. The summed E-state index contributed by atoms with van der Waals surface area (Å²) in [6.45, 7) is 40.3. The van der Waals surface area contributed by atoms with Crippen LogP contribution in [-0.4, -0.2) is 95.7 Å². The fraction of sp³-hybridized carbons (Fsp3) is 0.745. The van der Waals surface area contributed by atoms with Gasteiger partial charge in [-0.1, -0.05) is 130 Å². The van der Waals surface area contributed by atoms with Crippen molar-refractivity contribution in [1.29, 1.82) is 0 Å². The average Bonchev–Trinajstić information content (AvgIpc) is 3.89. The Hall–Kier alpha value is -0.0595. The molecular formula is C47H86AlLiO7Si3. The average molecular weight is 881 g/mol. The van der Waals surface area contributed by atoms with E-state index >= 15 is 0 Å². The van der Waals surface area contributed by atoms with E-state index < -0.39 is 30.6 Å². The predicted octanol–water partition coefficient (Wildman–Crippen LogP) is 7.99. The van der Waals surface area contributed by atoms with Crippen molar-refractivity contribution >= 4 is 42.3 Å². The molecule has 2 saturated carbocycles. The zero-order valence-electron chi connectivity index (χ0n) is 41.1. The van der Waals surface area contributed by atoms with Crippen LogP contribution in [0.25, 0.3) is 0 Å². The Kier molecular flexibility index (Phi) is 19.5. The minimum atomic E-state index is -2.08. The summed E-state index contributed by atoms with van der Waals surface area (Å²) in [7, 11) is -5.99. The Bertz CT molecular complexity index is 1520. The predicted molar refractivity (Wildman–Crippen MR) is 254 cm³/mol. The van der Waals surface area contributed by atoms with E-state index in [0.29, 0.717) is 32.0 Å². The van der Waals surface area contributed by atoms with Gasteiger partial charge >= 0.3 is 18.9 Å². The molecule has 1 aliphatic heterocycles. The van der Waals surface area contributed by atoms with Crippen LogP contribution in [-0.2, 0) is 40.7 Å². The second-order valence-corrected chi connectivity index (χ2v) is 36.5. The molecule has 5 rings (SSSR count). The van der Waals surface area contributed by atoms with Crippen molar-refractivity contribution in [2.45, 2.75) is 211 Å². The quantitative estimate of drug-likeness (QED) is 0.171. The Balaban J connectivity index is 0.000000585. The van der Waals surface area contributed by atoms with E-state index in [0.717, 1.165) is 25.0 Å². The van der Waals surface area contributed by atoms with Gasteiger partial charge in [0.1, 0.15) is 11.2 Å². The Morgan fingerprint density at radius 3 is 1.24 bits per heavy atom. The normalized spacial score (nSPS) is 29.1. The maximum Gasteiger partial charge on any atom is 1.00 e. The van der Waals surface area contributed by atoms with Crippen molar-refractivity contribution in [2.24, 2.45) is 5.92 Å². The van der Waals surface area contributed by atoms with Gasteiger partial charge in [0.05, 0.1) is 50.3 Å². The van der Waals surface area contributed by atoms with Gasteiger partial charge in [0.2, 0.25) is 0 Å². The first-order chi connectivity index (χ1) is 26.0. The SMILES string of the molecule is CC1(O)[C@H](O[Si](C)(C)C(C)(C)C)CC(OCc2ccccc2)C[C@H]1O[Si](C)(C)C(C)(C)C.C[C@@H]1CC(OCc2ccccc2)C[C@@H](O[Si](C)(C)C(C)(C)C)C12CO2.[AlH3].[H-].[Li+]. The topological polar surface area (TPSA) is 78.9 Å². The fourth-order valence-corrected chi connectivity index (χ4v) is 11.3.